The molecule has 1 N–H and O–H groups in total. The van der Waals surface area contributed by atoms with Gasteiger partial charge < -0.3 is 9.73 Å². The van der Waals surface area contributed by atoms with Gasteiger partial charge in [0.15, 0.2) is 5.76 Å². The third-order valence-corrected chi connectivity index (χ3v) is 5.58. The minimum absolute atomic E-state index is 0.274. The fraction of sp³-hybridized carbons (Fsp3) is 0. The zero-order valence-corrected chi connectivity index (χ0v) is 18.2. The molecule has 3 aromatic carbocycles. The van der Waals surface area contributed by atoms with E-state index in [0.29, 0.717) is 38.5 Å². The van der Waals surface area contributed by atoms with Crippen molar-refractivity contribution in [3.05, 3.63) is 92.5 Å². The topological polar surface area (TPSA) is 55.1 Å². The SMILES string of the molecule is O=C(Nc1cc(Cl)c(Cl)cc1Cl)c1ccccc1-c1ncc(-c2ccc(Cl)cc2)o1. The van der Waals surface area contributed by atoms with E-state index < -0.39 is 5.91 Å². The summed E-state index contributed by atoms with van der Waals surface area (Å²) >= 11 is 24.1. The molecule has 30 heavy (non-hydrogen) atoms. The van der Waals surface area contributed by atoms with E-state index >= 15 is 0 Å². The van der Waals surface area contributed by atoms with Crippen molar-refractivity contribution in [2.24, 2.45) is 0 Å². The third kappa shape index (κ3) is 4.32. The summed E-state index contributed by atoms with van der Waals surface area (Å²) in [6, 6.07) is 17.1. The van der Waals surface area contributed by atoms with E-state index in [-0.39, 0.29) is 10.0 Å². The van der Waals surface area contributed by atoms with Crippen molar-refractivity contribution in [1.29, 1.82) is 0 Å². The first kappa shape index (κ1) is 20.8. The highest BCUT2D eigenvalue weighted by Crippen LogP contribution is 2.33. The number of aromatic nitrogens is 1. The number of anilines is 1. The number of hydrogen-bond donors (Lipinski definition) is 1. The number of carbonyl (C=O) groups is 1. The van der Waals surface area contributed by atoms with Gasteiger partial charge in [0.2, 0.25) is 5.89 Å². The summed E-state index contributed by atoms with van der Waals surface area (Å²) in [5, 5.41) is 4.24. The van der Waals surface area contributed by atoms with Gasteiger partial charge >= 0.3 is 0 Å². The molecular formula is C22H12Cl4N2O2. The van der Waals surface area contributed by atoms with Crippen LogP contribution in [0, 0.1) is 0 Å². The first-order valence-electron chi connectivity index (χ1n) is 8.69. The normalized spacial score (nSPS) is 10.8. The zero-order chi connectivity index (χ0) is 21.3. The van der Waals surface area contributed by atoms with Crippen LogP contribution in [-0.4, -0.2) is 10.9 Å². The van der Waals surface area contributed by atoms with Crippen LogP contribution >= 0.6 is 46.4 Å². The molecule has 1 aromatic heterocycles. The molecule has 0 bridgehead atoms. The molecule has 4 nitrogen and oxygen atoms in total. The molecule has 1 heterocycles. The highest BCUT2D eigenvalue weighted by Gasteiger charge is 2.18. The molecule has 0 atom stereocenters. The minimum Gasteiger partial charge on any atom is -0.436 e. The van der Waals surface area contributed by atoms with Gasteiger partial charge in [-0.2, -0.15) is 0 Å². The van der Waals surface area contributed by atoms with Gasteiger partial charge in [-0.1, -0.05) is 58.5 Å². The zero-order valence-electron chi connectivity index (χ0n) is 15.1. The smallest absolute Gasteiger partial charge is 0.256 e. The lowest BCUT2D eigenvalue weighted by atomic mass is 10.1. The number of rotatable bonds is 4. The Labute approximate surface area is 192 Å². The Morgan fingerprint density at radius 1 is 0.867 bits per heavy atom. The second kappa shape index (κ2) is 8.70. The van der Waals surface area contributed by atoms with E-state index in [1.54, 1.807) is 42.6 Å². The van der Waals surface area contributed by atoms with Crippen LogP contribution in [0.1, 0.15) is 10.4 Å². The molecule has 0 aliphatic rings. The van der Waals surface area contributed by atoms with Gasteiger partial charge in [0.1, 0.15) is 0 Å². The molecule has 0 unspecified atom stereocenters. The average molecular weight is 478 g/mol. The molecule has 4 rings (SSSR count). The summed E-state index contributed by atoms with van der Waals surface area (Å²) in [5.41, 5.74) is 2.07. The van der Waals surface area contributed by atoms with Crippen molar-refractivity contribution in [2.75, 3.05) is 5.32 Å². The lowest BCUT2D eigenvalue weighted by Crippen LogP contribution is -2.13. The van der Waals surface area contributed by atoms with E-state index in [9.17, 15) is 4.79 Å². The lowest BCUT2D eigenvalue weighted by molar-refractivity contribution is 0.102. The molecule has 0 radical (unpaired) electrons. The number of carbonyl (C=O) groups excluding carboxylic acids is 1. The molecule has 0 saturated carbocycles. The van der Waals surface area contributed by atoms with Crippen LogP contribution in [0.5, 0.6) is 0 Å². The minimum atomic E-state index is -0.392. The summed E-state index contributed by atoms with van der Waals surface area (Å²) in [6.45, 7) is 0. The Morgan fingerprint density at radius 3 is 2.33 bits per heavy atom. The molecule has 8 heteroatoms. The van der Waals surface area contributed by atoms with Crippen molar-refractivity contribution >= 4 is 58.0 Å². The number of nitrogens with zero attached hydrogens (tertiary/aromatic N) is 1. The first-order valence-corrected chi connectivity index (χ1v) is 10.2. The largest absolute Gasteiger partial charge is 0.436 e. The molecule has 0 fully saturated rings. The second-order valence-corrected chi connectivity index (χ2v) is 7.94. The lowest BCUT2D eigenvalue weighted by Gasteiger charge is -2.10. The Balaban J connectivity index is 1.66. The fourth-order valence-corrected chi connectivity index (χ4v) is 3.54. The van der Waals surface area contributed by atoms with Crippen LogP contribution in [0.4, 0.5) is 5.69 Å². The number of halogens is 4. The van der Waals surface area contributed by atoms with Crippen LogP contribution in [0.2, 0.25) is 20.1 Å². The number of oxazole rings is 1. The van der Waals surface area contributed by atoms with E-state index in [4.69, 9.17) is 50.8 Å². The molecule has 0 saturated heterocycles. The number of benzene rings is 3. The summed E-state index contributed by atoms with van der Waals surface area (Å²) < 4.78 is 5.90. The van der Waals surface area contributed by atoms with Gasteiger partial charge in [-0.05, 0) is 48.5 Å². The quantitative estimate of drug-likeness (QED) is 0.304. The molecule has 4 aromatic rings. The summed E-state index contributed by atoms with van der Waals surface area (Å²) in [4.78, 5) is 17.3. The second-order valence-electron chi connectivity index (χ2n) is 6.28. The average Bonchev–Trinajstić information content (AvgIpc) is 3.22. The van der Waals surface area contributed by atoms with Gasteiger partial charge in [-0.3, -0.25) is 4.79 Å². The maximum absolute atomic E-state index is 12.9. The Morgan fingerprint density at radius 2 is 1.57 bits per heavy atom. The van der Waals surface area contributed by atoms with Gasteiger partial charge in [0.05, 0.1) is 32.5 Å². The van der Waals surface area contributed by atoms with E-state index in [1.807, 2.05) is 12.1 Å². The molecular weight excluding hydrogens is 466 g/mol. The van der Waals surface area contributed by atoms with Crippen LogP contribution in [0.25, 0.3) is 22.8 Å². The monoisotopic (exact) mass is 476 g/mol. The highest BCUT2D eigenvalue weighted by atomic mass is 35.5. The number of amides is 1. The van der Waals surface area contributed by atoms with Gasteiger partial charge in [-0.25, -0.2) is 4.98 Å². The van der Waals surface area contributed by atoms with Gasteiger partial charge in [0, 0.05) is 16.1 Å². The Hall–Kier alpha value is -2.50. The molecule has 0 aliphatic carbocycles. The maximum Gasteiger partial charge on any atom is 0.256 e. The predicted octanol–water partition coefficient (Wildman–Crippen LogP) is 7.87. The Bertz CT molecular complexity index is 1240. The number of hydrogen-bond acceptors (Lipinski definition) is 3. The Kier molecular flexibility index (Phi) is 6.02. The first-order chi connectivity index (χ1) is 14.4. The molecule has 0 spiro atoms. The van der Waals surface area contributed by atoms with Crippen LogP contribution in [-0.2, 0) is 0 Å². The van der Waals surface area contributed by atoms with Crippen LogP contribution < -0.4 is 5.32 Å². The van der Waals surface area contributed by atoms with Crippen molar-refractivity contribution < 1.29 is 9.21 Å². The predicted molar refractivity (Wildman–Crippen MR) is 122 cm³/mol. The van der Waals surface area contributed by atoms with E-state index in [0.717, 1.165) is 5.56 Å². The summed E-state index contributed by atoms with van der Waals surface area (Å²) in [6.07, 6.45) is 1.60. The third-order valence-electron chi connectivity index (χ3n) is 4.29. The van der Waals surface area contributed by atoms with Crippen LogP contribution in [0.15, 0.2) is 71.3 Å². The van der Waals surface area contributed by atoms with Crippen molar-refractivity contribution in [3.63, 3.8) is 0 Å². The van der Waals surface area contributed by atoms with Crippen molar-refractivity contribution in [1.82, 2.24) is 4.98 Å². The highest BCUT2D eigenvalue weighted by molar-refractivity contribution is 6.44. The number of nitrogens with one attached hydrogen (secondary N) is 1. The van der Waals surface area contributed by atoms with E-state index in [2.05, 4.69) is 10.3 Å². The fourth-order valence-electron chi connectivity index (χ4n) is 2.82. The van der Waals surface area contributed by atoms with Crippen molar-refractivity contribution in [3.8, 4) is 22.8 Å². The maximum atomic E-state index is 12.9. The standard InChI is InChI=1S/C22H12Cl4N2O2/c23-13-7-5-12(6-8-13)20-11-27-22(30-20)15-4-2-1-3-14(15)21(29)28-19-10-17(25)16(24)9-18(19)26/h1-11H,(H,28,29). The summed E-state index contributed by atoms with van der Waals surface area (Å²) in [7, 11) is 0. The van der Waals surface area contributed by atoms with E-state index in [1.165, 1.54) is 12.1 Å². The van der Waals surface area contributed by atoms with Gasteiger partial charge in [-0.15, -0.1) is 0 Å². The summed E-state index contributed by atoms with van der Waals surface area (Å²) in [5.74, 6) is 0.479. The van der Waals surface area contributed by atoms with Gasteiger partial charge in [0.25, 0.3) is 5.91 Å². The van der Waals surface area contributed by atoms with Crippen LogP contribution in [0.3, 0.4) is 0 Å². The molecule has 0 aliphatic heterocycles. The van der Waals surface area contributed by atoms with Crippen molar-refractivity contribution in [2.45, 2.75) is 0 Å². The molecule has 1 amide bonds. The molecule has 150 valence electrons.